The third-order valence-electron chi connectivity index (χ3n) is 15.0. The van der Waals surface area contributed by atoms with E-state index in [1.165, 1.54) is 19.1 Å². The topological polar surface area (TPSA) is 428 Å². The van der Waals surface area contributed by atoms with Gasteiger partial charge in [0.1, 0.15) is 30.5 Å². The zero-order chi connectivity index (χ0) is 60.2. The van der Waals surface area contributed by atoms with E-state index in [0.717, 1.165) is 0 Å². The summed E-state index contributed by atoms with van der Waals surface area (Å²) in [5.74, 6) is -8.93. The molecule has 3 fully saturated rings. The second kappa shape index (κ2) is 33.7. The van der Waals surface area contributed by atoms with E-state index in [1.54, 1.807) is 86.8 Å². The van der Waals surface area contributed by atoms with Gasteiger partial charge in [0.15, 0.2) is 12.1 Å². The number of hydrogen-bond donors (Lipinski definition) is 18. The zero-order valence-electron chi connectivity index (χ0n) is 46.3. The van der Waals surface area contributed by atoms with Gasteiger partial charge in [-0.1, -0.05) is 98.9 Å². The Morgan fingerprint density at radius 3 is 1.90 bits per heavy atom. The Labute approximate surface area is 472 Å². The van der Waals surface area contributed by atoms with Gasteiger partial charge in [-0.15, -0.1) is 0 Å². The Morgan fingerprint density at radius 1 is 0.679 bits per heavy atom. The number of carbonyl (C=O) groups excluding carboxylic acids is 2. The molecule has 0 spiro atoms. The number of rotatable bonds is 9. The summed E-state index contributed by atoms with van der Waals surface area (Å²) < 4.78 is 29.1. The summed E-state index contributed by atoms with van der Waals surface area (Å²) in [7, 11) is 0. The molecule has 0 aromatic rings. The molecular formula is C56H90N2O23. The van der Waals surface area contributed by atoms with E-state index >= 15 is 0 Å². The summed E-state index contributed by atoms with van der Waals surface area (Å²) >= 11 is 0. The van der Waals surface area contributed by atoms with E-state index in [4.69, 9.17) is 23.7 Å². The third-order valence-corrected chi connectivity index (χ3v) is 15.0. The molecule has 0 saturated carbocycles. The molecule has 3 saturated heterocycles. The Balaban J connectivity index is 1.65. The second-order valence-electron chi connectivity index (χ2n) is 21.8. The number of hydrogen-bond acceptors (Lipinski definition) is 24. The van der Waals surface area contributed by atoms with Crippen molar-refractivity contribution < 1.29 is 115 Å². The number of aliphatic hydroxyl groups is 16. The van der Waals surface area contributed by atoms with Crippen LogP contribution in [0.15, 0.2) is 85.1 Å². The number of fused-ring (bicyclic) bond motifs is 2. The van der Waals surface area contributed by atoms with Crippen molar-refractivity contribution >= 4 is 11.9 Å². The fraction of sp³-hybridized carbons (Fsp3) is 0.714. The van der Waals surface area contributed by atoms with E-state index in [0.29, 0.717) is 0 Å². The molecule has 25 nitrogen and oxygen atoms in total. The van der Waals surface area contributed by atoms with Crippen LogP contribution in [0, 0.1) is 17.8 Å². The Hall–Kier alpha value is -3.72. The van der Waals surface area contributed by atoms with Crippen LogP contribution < -0.4 is 10.6 Å². The smallest absolute Gasteiger partial charge is 0.308 e. The molecule has 0 aromatic heterocycles. The van der Waals surface area contributed by atoms with Gasteiger partial charge in [0.25, 0.3) is 0 Å². The number of nitrogens with one attached hydrogen (secondary N) is 2. The van der Waals surface area contributed by atoms with E-state index < -0.39 is 210 Å². The van der Waals surface area contributed by atoms with Crippen LogP contribution in [0.25, 0.3) is 0 Å². The summed E-state index contributed by atoms with van der Waals surface area (Å²) in [6, 6.07) is -1.38. The molecule has 18 N–H and O–H groups in total. The molecular weight excluding hydrogens is 1070 g/mol. The van der Waals surface area contributed by atoms with Crippen molar-refractivity contribution in [3.63, 3.8) is 0 Å². The maximum Gasteiger partial charge on any atom is 0.308 e. The van der Waals surface area contributed by atoms with Crippen LogP contribution >= 0.6 is 0 Å². The molecule has 81 heavy (non-hydrogen) atoms. The van der Waals surface area contributed by atoms with E-state index in [9.17, 15) is 91.3 Å². The monoisotopic (exact) mass is 1160 g/mol. The lowest BCUT2D eigenvalue weighted by atomic mass is 9.82. The summed E-state index contributed by atoms with van der Waals surface area (Å²) in [4.78, 5) is 26.6. The highest BCUT2D eigenvalue weighted by Gasteiger charge is 2.53. The van der Waals surface area contributed by atoms with Crippen molar-refractivity contribution in [1.29, 1.82) is 0 Å². The lowest BCUT2D eigenvalue weighted by Crippen LogP contribution is -2.69. The standard InChI is InChI=1S/C56H90N2O23/c1-31-17-15-13-11-9-7-5-6-8-10-12-14-16-18-39(80-54-51(72)47(49(70)34(4)79-54)58-30-56(76)52(73)50(71)43(67)29-77-56)24-44-46(53(74)57-27-38(63)28-59)42(66)26-55(75,81-44)25-37(62)22-41(65)40(64)20-19-35(60)21-36(61)23-45(68)78-33(3)32(2)48(31)69/h5-18,31-44,46-52,54,58-67,69-73,75-76H,19-30H2,1-4H3,(H,57,74)/b6-5+,9-7+,10-8+,13-11+,14-12+,17-15-,18-16+/t31-,32?,33-,34+,35+,36+,37-,38?,39-,40-,41+,42-,43+,44?,46?,47-,48+,49+,50-,51-,52-,54-,55+,56+/m0/s1. The summed E-state index contributed by atoms with van der Waals surface area (Å²) in [5.41, 5.74) is 0. The number of cyclic esters (lactones) is 1. The SMILES string of the molecule is CC1[C@H](C)OC(=O)C[C@H](O)C[C@H](O)CC[C@H](O)[C@H](O)C[C@H](O)C[C@]2(O)C[C@H](O)C(C(=O)NCC(O)CO)C(C[C@@H](O[C@@H]3O[C@H](C)[C@@H](O)[C@H](NC[C@@]4(O)OC[C@@H](O)[C@H](O)[C@@H]4O)[C@@H]3O)/C=C/C=C/C=C/C=C/C=C/C=C/C=C\[C@H](C)[C@H]1O)O2. The Bertz CT molecular complexity index is 2110. The molecule has 0 aliphatic carbocycles. The fourth-order valence-electron chi connectivity index (χ4n) is 9.91. The number of amides is 1. The third kappa shape index (κ3) is 22.0. The van der Waals surface area contributed by atoms with Gasteiger partial charge in [0, 0.05) is 44.1 Å². The molecule has 1 amide bonds. The number of ether oxygens (including phenoxy) is 5. The first-order valence-electron chi connectivity index (χ1n) is 27.6. The molecule has 2 bridgehead atoms. The summed E-state index contributed by atoms with van der Waals surface area (Å²) in [6.45, 7) is 4.17. The first-order valence-corrected chi connectivity index (χ1v) is 27.6. The van der Waals surface area contributed by atoms with Crippen molar-refractivity contribution in [2.24, 2.45) is 17.8 Å². The molecule has 4 aliphatic heterocycles. The molecule has 4 unspecified atom stereocenters. The maximum absolute atomic E-state index is 13.8. The van der Waals surface area contributed by atoms with Gasteiger partial charge >= 0.3 is 5.97 Å². The molecule has 24 atom stereocenters. The average molecular weight is 1160 g/mol. The Kier molecular flexibility index (Phi) is 29.0. The van der Waals surface area contributed by atoms with Gasteiger partial charge in [0.05, 0.1) is 111 Å². The molecule has 0 radical (unpaired) electrons. The maximum atomic E-state index is 13.8. The van der Waals surface area contributed by atoms with E-state index in [-0.39, 0.29) is 25.2 Å². The molecule has 4 rings (SSSR count). The van der Waals surface area contributed by atoms with Crippen LogP contribution in [0.3, 0.4) is 0 Å². The summed E-state index contributed by atoms with van der Waals surface area (Å²) in [5, 5.41) is 178. The highest BCUT2D eigenvalue weighted by Crippen LogP contribution is 2.38. The average Bonchev–Trinajstić information content (AvgIpc) is 3.53. The highest BCUT2D eigenvalue weighted by molar-refractivity contribution is 5.80. The largest absolute Gasteiger partial charge is 0.462 e. The van der Waals surface area contributed by atoms with Crippen molar-refractivity contribution in [2.75, 3.05) is 26.3 Å². The number of allylic oxidation sites excluding steroid dienone is 12. The van der Waals surface area contributed by atoms with E-state index in [1.807, 2.05) is 6.92 Å². The van der Waals surface area contributed by atoms with Crippen molar-refractivity contribution in [3.05, 3.63) is 85.1 Å². The minimum atomic E-state index is -2.49. The quantitative estimate of drug-likeness (QED) is 0.0998. The molecule has 0 aromatic carbocycles. The van der Waals surface area contributed by atoms with Gasteiger partial charge in [-0.2, -0.15) is 0 Å². The zero-order valence-corrected chi connectivity index (χ0v) is 46.3. The van der Waals surface area contributed by atoms with Crippen LogP contribution in [0.5, 0.6) is 0 Å². The second-order valence-corrected chi connectivity index (χ2v) is 21.8. The molecule has 462 valence electrons. The predicted octanol–water partition coefficient (Wildman–Crippen LogP) is -3.47. The fourth-order valence-corrected chi connectivity index (χ4v) is 9.91. The normalized spacial score (nSPS) is 45.0. The molecule has 25 heteroatoms. The number of aliphatic hydroxyl groups excluding tert-OH is 14. The lowest BCUT2D eigenvalue weighted by Gasteiger charge is -2.47. The first kappa shape index (κ1) is 69.8. The minimum Gasteiger partial charge on any atom is -0.462 e. The van der Waals surface area contributed by atoms with Crippen LogP contribution in [-0.4, -0.2) is 248 Å². The van der Waals surface area contributed by atoms with Crippen LogP contribution in [0.2, 0.25) is 0 Å². The van der Waals surface area contributed by atoms with Crippen molar-refractivity contribution in [2.45, 2.75) is 207 Å². The highest BCUT2D eigenvalue weighted by atomic mass is 16.7. The molecule has 4 heterocycles. The van der Waals surface area contributed by atoms with Gasteiger partial charge < -0.3 is 116 Å². The summed E-state index contributed by atoms with van der Waals surface area (Å²) in [6.07, 6.45) is -6.03. The van der Waals surface area contributed by atoms with Crippen LogP contribution in [-0.2, 0) is 33.3 Å². The lowest BCUT2D eigenvalue weighted by molar-refractivity contribution is -0.323. The van der Waals surface area contributed by atoms with Crippen LogP contribution in [0.4, 0.5) is 0 Å². The van der Waals surface area contributed by atoms with Gasteiger partial charge in [-0.25, -0.2) is 0 Å². The van der Waals surface area contributed by atoms with Gasteiger partial charge in [-0.3, -0.25) is 9.59 Å². The van der Waals surface area contributed by atoms with Crippen LogP contribution in [0.1, 0.15) is 79.1 Å². The molecule has 4 aliphatic rings. The number of carbonyl (C=O) groups is 2. The van der Waals surface area contributed by atoms with Gasteiger partial charge in [-0.05, 0) is 33.1 Å². The van der Waals surface area contributed by atoms with E-state index in [2.05, 4.69) is 10.6 Å². The van der Waals surface area contributed by atoms with Gasteiger partial charge in [0.2, 0.25) is 11.7 Å². The predicted molar refractivity (Wildman–Crippen MR) is 288 cm³/mol. The minimum absolute atomic E-state index is 0.156. The number of esters is 1. The van der Waals surface area contributed by atoms with Crippen molar-refractivity contribution in [1.82, 2.24) is 10.6 Å². The first-order chi connectivity index (χ1) is 38.2. The Morgan fingerprint density at radius 2 is 1.28 bits per heavy atom. The van der Waals surface area contributed by atoms with Crippen molar-refractivity contribution in [3.8, 4) is 0 Å².